The van der Waals surface area contributed by atoms with Crippen molar-refractivity contribution < 1.29 is 9.32 Å². The molecule has 2 aromatic rings. The number of rotatable bonds is 3. The minimum atomic E-state index is -0.0310. The molecule has 8 nitrogen and oxygen atoms in total. The largest absolute Gasteiger partial charge is 0.361 e. The maximum Gasteiger partial charge on any atom is 0.260 e. The molecule has 4 heterocycles. The Morgan fingerprint density at radius 2 is 2.00 bits per heavy atom. The third kappa shape index (κ3) is 3.16. The van der Waals surface area contributed by atoms with E-state index in [1.165, 1.54) is 0 Å². The minimum Gasteiger partial charge on any atom is -0.361 e. The molecule has 2 aliphatic rings. The molecule has 0 radical (unpaired) electrons. The van der Waals surface area contributed by atoms with Crippen LogP contribution in [0.25, 0.3) is 0 Å². The van der Waals surface area contributed by atoms with Crippen LogP contribution < -0.4 is 0 Å². The summed E-state index contributed by atoms with van der Waals surface area (Å²) in [5.74, 6) is 2.69. The molecule has 4 rings (SSSR count). The van der Waals surface area contributed by atoms with E-state index in [0.29, 0.717) is 11.3 Å². The Morgan fingerprint density at radius 1 is 1.19 bits per heavy atom. The first-order chi connectivity index (χ1) is 13.0. The predicted octanol–water partition coefficient (Wildman–Crippen LogP) is 2.16. The van der Waals surface area contributed by atoms with E-state index in [1.807, 2.05) is 25.7 Å². The molecule has 8 heteroatoms. The summed E-state index contributed by atoms with van der Waals surface area (Å²) in [4.78, 5) is 17.7. The molecular weight excluding hydrogens is 344 g/mol. The van der Waals surface area contributed by atoms with Gasteiger partial charge >= 0.3 is 0 Å². The first-order valence-corrected chi connectivity index (χ1v) is 9.85. The number of amides is 1. The topological polar surface area (TPSA) is 80.3 Å². The Kier molecular flexibility index (Phi) is 4.75. The van der Waals surface area contributed by atoms with E-state index in [4.69, 9.17) is 4.52 Å². The molecule has 1 saturated heterocycles. The highest BCUT2D eigenvalue weighted by Crippen LogP contribution is 2.34. The van der Waals surface area contributed by atoms with Crippen LogP contribution in [0.5, 0.6) is 0 Å². The molecule has 27 heavy (non-hydrogen) atoms. The Balaban J connectivity index is 1.65. The van der Waals surface area contributed by atoms with Crippen molar-refractivity contribution in [1.82, 2.24) is 29.7 Å². The zero-order valence-corrected chi connectivity index (χ0v) is 16.6. The molecular formula is C19H28N6O2. The number of likely N-dealkylation sites (tertiary alicyclic amines) is 1. The number of hydrogen-bond acceptors (Lipinski definition) is 6. The summed E-state index contributed by atoms with van der Waals surface area (Å²) in [6.45, 7) is 9.44. The Bertz CT molecular complexity index is 839. The van der Waals surface area contributed by atoms with E-state index >= 15 is 0 Å². The number of nitrogens with zero attached hydrogens (tertiary/aromatic N) is 6. The van der Waals surface area contributed by atoms with Gasteiger partial charge in [0.25, 0.3) is 5.91 Å². The number of hydrogen-bond donors (Lipinski definition) is 0. The highest BCUT2D eigenvalue weighted by atomic mass is 16.5. The monoisotopic (exact) mass is 372 g/mol. The Hall–Kier alpha value is -2.22. The van der Waals surface area contributed by atoms with Gasteiger partial charge in [0.2, 0.25) is 0 Å². The molecule has 1 fully saturated rings. The van der Waals surface area contributed by atoms with Gasteiger partial charge in [-0.05, 0) is 32.7 Å². The summed E-state index contributed by atoms with van der Waals surface area (Å²) in [7, 11) is 2.13. The van der Waals surface area contributed by atoms with Gasteiger partial charge in [-0.25, -0.2) is 0 Å². The normalized spacial score (nSPS) is 20.9. The summed E-state index contributed by atoms with van der Waals surface area (Å²) in [6, 6.07) is -0.0310. The number of carbonyl (C=O) groups is 1. The number of fused-ring (bicyclic) bond motifs is 1. The quantitative estimate of drug-likeness (QED) is 0.821. The van der Waals surface area contributed by atoms with Crippen molar-refractivity contribution in [3.63, 3.8) is 0 Å². The third-order valence-corrected chi connectivity index (χ3v) is 5.74. The van der Waals surface area contributed by atoms with Crippen molar-refractivity contribution in [2.45, 2.75) is 58.5 Å². The second-order valence-corrected chi connectivity index (χ2v) is 7.99. The Morgan fingerprint density at radius 3 is 2.78 bits per heavy atom. The van der Waals surface area contributed by atoms with Crippen molar-refractivity contribution in [2.75, 3.05) is 26.7 Å². The predicted molar refractivity (Wildman–Crippen MR) is 99.6 cm³/mol. The van der Waals surface area contributed by atoms with Gasteiger partial charge in [-0.1, -0.05) is 19.0 Å². The fraction of sp³-hybridized carbons (Fsp3) is 0.684. The van der Waals surface area contributed by atoms with Gasteiger partial charge in [-0.3, -0.25) is 4.79 Å². The van der Waals surface area contributed by atoms with Crippen LogP contribution in [0.2, 0.25) is 0 Å². The molecule has 1 amide bonds. The highest BCUT2D eigenvalue weighted by Gasteiger charge is 2.37. The van der Waals surface area contributed by atoms with Crippen molar-refractivity contribution in [2.24, 2.45) is 0 Å². The molecule has 1 atom stereocenters. The van der Waals surface area contributed by atoms with Crippen LogP contribution in [-0.2, 0) is 13.0 Å². The van der Waals surface area contributed by atoms with Crippen LogP contribution in [0, 0.1) is 6.92 Å². The highest BCUT2D eigenvalue weighted by molar-refractivity contribution is 5.96. The van der Waals surface area contributed by atoms with Gasteiger partial charge in [0.05, 0.1) is 11.7 Å². The number of aromatic nitrogens is 4. The van der Waals surface area contributed by atoms with Crippen molar-refractivity contribution >= 4 is 5.91 Å². The third-order valence-electron chi connectivity index (χ3n) is 5.74. The molecule has 0 saturated carbocycles. The summed E-state index contributed by atoms with van der Waals surface area (Å²) >= 11 is 0. The summed E-state index contributed by atoms with van der Waals surface area (Å²) in [6.07, 6.45) is 2.79. The summed E-state index contributed by atoms with van der Waals surface area (Å²) in [5.41, 5.74) is 1.36. The molecule has 146 valence electrons. The number of aryl methyl sites for hydroxylation is 1. The lowest BCUT2D eigenvalue weighted by Crippen LogP contribution is -2.33. The van der Waals surface area contributed by atoms with E-state index < -0.39 is 0 Å². The number of carbonyl (C=O) groups excluding carboxylic acids is 1. The van der Waals surface area contributed by atoms with Crippen LogP contribution in [0.15, 0.2) is 4.52 Å². The van der Waals surface area contributed by atoms with E-state index in [9.17, 15) is 4.79 Å². The van der Waals surface area contributed by atoms with Crippen LogP contribution in [0.4, 0.5) is 0 Å². The van der Waals surface area contributed by atoms with Crippen LogP contribution in [-0.4, -0.2) is 62.3 Å². The molecule has 0 bridgehead atoms. The average molecular weight is 372 g/mol. The SMILES string of the molecule is Cc1onc(C(C)C)c1C(=O)N1CCC[C@H]1c1nnc2n1CCN(C)CC2. The molecule has 0 spiro atoms. The molecule has 0 unspecified atom stereocenters. The second kappa shape index (κ2) is 7.07. The van der Waals surface area contributed by atoms with E-state index in [0.717, 1.165) is 62.8 Å². The average Bonchev–Trinajstić information content (AvgIpc) is 3.32. The molecule has 2 aliphatic heterocycles. The van der Waals surface area contributed by atoms with Gasteiger partial charge in [-0.2, -0.15) is 0 Å². The first kappa shape index (κ1) is 18.2. The lowest BCUT2D eigenvalue weighted by molar-refractivity contribution is 0.0723. The zero-order chi connectivity index (χ0) is 19.1. The fourth-order valence-electron chi connectivity index (χ4n) is 4.16. The maximum absolute atomic E-state index is 13.4. The Labute approximate surface area is 159 Å². The van der Waals surface area contributed by atoms with Crippen molar-refractivity contribution in [3.8, 4) is 0 Å². The summed E-state index contributed by atoms with van der Waals surface area (Å²) < 4.78 is 7.57. The van der Waals surface area contributed by atoms with E-state index in [1.54, 1.807) is 0 Å². The van der Waals surface area contributed by atoms with Crippen LogP contribution >= 0.6 is 0 Å². The van der Waals surface area contributed by atoms with Gasteiger partial charge in [-0.15, -0.1) is 10.2 Å². The summed E-state index contributed by atoms with van der Waals surface area (Å²) in [5, 5.41) is 13.1. The second-order valence-electron chi connectivity index (χ2n) is 7.99. The molecule has 2 aromatic heterocycles. The van der Waals surface area contributed by atoms with Crippen LogP contribution in [0.1, 0.15) is 72.1 Å². The maximum atomic E-state index is 13.4. The van der Waals surface area contributed by atoms with Gasteiger partial charge in [0.15, 0.2) is 5.82 Å². The zero-order valence-electron chi connectivity index (χ0n) is 16.6. The lowest BCUT2D eigenvalue weighted by Gasteiger charge is -2.25. The smallest absolute Gasteiger partial charge is 0.260 e. The van der Waals surface area contributed by atoms with Crippen molar-refractivity contribution in [3.05, 3.63) is 28.7 Å². The van der Waals surface area contributed by atoms with E-state index in [2.05, 4.69) is 31.9 Å². The molecule has 0 aromatic carbocycles. The molecule has 0 aliphatic carbocycles. The lowest BCUT2D eigenvalue weighted by atomic mass is 10.0. The van der Waals surface area contributed by atoms with Gasteiger partial charge in [0, 0.05) is 32.6 Å². The molecule has 0 N–H and O–H groups in total. The number of likely N-dealkylation sites (N-methyl/N-ethyl adjacent to an activating group) is 1. The standard InChI is InChI=1S/C19H28N6O2/c1-12(2)17-16(13(3)27-22-17)19(26)24-8-5-6-14(24)18-21-20-15-7-9-23(4)10-11-25(15)18/h12,14H,5-11H2,1-4H3/t14-/m0/s1. The van der Waals surface area contributed by atoms with Crippen LogP contribution in [0.3, 0.4) is 0 Å². The van der Waals surface area contributed by atoms with Crippen molar-refractivity contribution in [1.29, 1.82) is 0 Å². The fourth-order valence-corrected chi connectivity index (χ4v) is 4.16. The minimum absolute atomic E-state index is 0.00281. The first-order valence-electron chi connectivity index (χ1n) is 9.85. The van der Waals surface area contributed by atoms with Gasteiger partial charge < -0.3 is 18.9 Å². The van der Waals surface area contributed by atoms with Gasteiger partial charge in [0.1, 0.15) is 17.1 Å². The van der Waals surface area contributed by atoms with E-state index in [-0.39, 0.29) is 17.9 Å².